The number of nitrogens with zero attached hydrogens (tertiary/aromatic N) is 1. The summed E-state index contributed by atoms with van der Waals surface area (Å²) in [4.78, 5) is 3.36. The number of rotatable bonds is 3. The molecule has 0 spiro atoms. The van der Waals surface area contributed by atoms with Crippen LogP contribution in [-0.2, 0) is 10.0 Å². The van der Waals surface area contributed by atoms with Crippen LogP contribution in [0.4, 0.5) is 8.78 Å². The minimum absolute atomic E-state index is 0.213. The van der Waals surface area contributed by atoms with Crippen LogP contribution in [0.5, 0.6) is 5.75 Å². The molecule has 0 amide bonds. The lowest BCUT2D eigenvalue weighted by Crippen LogP contribution is -2.15. The van der Waals surface area contributed by atoms with Crippen molar-refractivity contribution in [1.29, 1.82) is 0 Å². The second-order valence-electron chi connectivity index (χ2n) is 2.71. The Balaban J connectivity index is 3.53. The highest BCUT2D eigenvalue weighted by Crippen LogP contribution is 2.37. The molecule has 0 radical (unpaired) electrons. The van der Waals surface area contributed by atoms with Crippen LogP contribution in [0.1, 0.15) is 12.0 Å². The molecule has 1 aromatic rings. The number of hydrogen-bond donors (Lipinski definition) is 1. The summed E-state index contributed by atoms with van der Waals surface area (Å²) in [6.45, 7) is 0. The van der Waals surface area contributed by atoms with E-state index >= 15 is 0 Å². The number of hydrogen-bond acceptors (Lipinski definition) is 4. The predicted molar refractivity (Wildman–Crippen MR) is 54.8 cm³/mol. The van der Waals surface area contributed by atoms with E-state index in [0.717, 1.165) is 7.11 Å². The zero-order valence-corrected chi connectivity index (χ0v) is 10.3. The molecule has 5 nitrogen and oxygen atoms in total. The maximum Gasteiger partial charge on any atom is 0.268 e. The van der Waals surface area contributed by atoms with Gasteiger partial charge in [0.1, 0.15) is 5.75 Å². The minimum atomic E-state index is -4.09. The summed E-state index contributed by atoms with van der Waals surface area (Å²) in [5.41, 5.74) is -0.512. The first-order chi connectivity index (χ1) is 7.29. The fourth-order valence-electron chi connectivity index (χ4n) is 1.03. The van der Waals surface area contributed by atoms with Crippen molar-refractivity contribution in [3.63, 3.8) is 0 Å². The molecule has 2 N–H and O–H groups in total. The van der Waals surface area contributed by atoms with E-state index in [1.54, 1.807) is 0 Å². The van der Waals surface area contributed by atoms with Crippen molar-refractivity contribution < 1.29 is 21.9 Å². The van der Waals surface area contributed by atoms with Gasteiger partial charge < -0.3 is 4.74 Å². The smallest absolute Gasteiger partial charge is 0.268 e. The van der Waals surface area contributed by atoms with Crippen LogP contribution < -0.4 is 9.88 Å². The molecule has 0 saturated heterocycles. The molecule has 0 aliphatic heterocycles. The van der Waals surface area contributed by atoms with Crippen molar-refractivity contribution in [3.05, 3.63) is 16.2 Å². The highest BCUT2D eigenvalue weighted by atomic mass is 79.9. The summed E-state index contributed by atoms with van der Waals surface area (Å²) in [7, 11) is -2.95. The number of halogens is 3. The maximum atomic E-state index is 12.5. The Bertz CT molecular complexity index is 507. The van der Waals surface area contributed by atoms with Gasteiger partial charge in [-0.2, -0.15) is 0 Å². The first-order valence-electron chi connectivity index (χ1n) is 3.82. The summed E-state index contributed by atoms with van der Waals surface area (Å²) >= 11 is 2.82. The van der Waals surface area contributed by atoms with Crippen molar-refractivity contribution in [2.45, 2.75) is 11.5 Å². The van der Waals surface area contributed by atoms with Gasteiger partial charge in [-0.1, -0.05) is 0 Å². The Labute approximate surface area is 98.8 Å². The van der Waals surface area contributed by atoms with Gasteiger partial charge >= 0.3 is 0 Å². The van der Waals surface area contributed by atoms with E-state index in [2.05, 4.69) is 25.7 Å². The number of methoxy groups -OCH3 is 1. The molecular formula is C7H7BrF2N2O3S. The van der Waals surface area contributed by atoms with Gasteiger partial charge in [0.15, 0.2) is 5.03 Å². The molecular weight excluding hydrogens is 310 g/mol. The lowest BCUT2D eigenvalue weighted by atomic mass is 10.3. The third-order valence-corrected chi connectivity index (χ3v) is 3.53. The fourth-order valence-corrected chi connectivity index (χ4v) is 2.74. The van der Waals surface area contributed by atoms with Crippen LogP contribution in [0.15, 0.2) is 15.7 Å². The summed E-state index contributed by atoms with van der Waals surface area (Å²) in [5, 5.41) is 4.30. The summed E-state index contributed by atoms with van der Waals surface area (Å²) in [6.07, 6.45) is -2.11. The lowest BCUT2D eigenvalue weighted by Gasteiger charge is -2.11. The predicted octanol–water partition coefficient (Wildman–Crippen LogP) is 1.44. The molecule has 1 heterocycles. The first kappa shape index (κ1) is 13.3. The maximum absolute atomic E-state index is 12.5. The molecule has 0 bridgehead atoms. The van der Waals surface area contributed by atoms with Gasteiger partial charge in [-0.3, -0.25) is 0 Å². The SMILES string of the molecule is COc1c(C(F)F)cnc(S(N)(=O)=O)c1Br. The molecule has 1 rings (SSSR count). The average molecular weight is 317 g/mol. The van der Waals surface area contributed by atoms with Crippen LogP contribution in [0.3, 0.4) is 0 Å². The van der Waals surface area contributed by atoms with Crippen LogP contribution in [0.25, 0.3) is 0 Å². The molecule has 0 fully saturated rings. The van der Waals surface area contributed by atoms with Crippen molar-refractivity contribution in [2.24, 2.45) is 5.14 Å². The number of sulfonamides is 1. The van der Waals surface area contributed by atoms with Crippen LogP contribution >= 0.6 is 15.9 Å². The van der Waals surface area contributed by atoms with Crippen LogP contribution in [0.2, 0.25) is 0 Å². The Kier molecular flexibility index (Phi) is 3.81. The molecule has 1 aromatic heterocycles. The Morgan fingerprint density at radius 3 is 2.50 bits per heavy atom. The number of aromatic nitrogens is 1. The summed E-state index contributed by atoms with van der Waals surface area (Å²) in [6, 6.07) is 0. The second-order valence-corrected chi connectivity index (χ2v) is 4.98. The second kappa shape index (κ2) is 4.60. The highest BCUT2D eigenvalue weighted by Gasteiger charge is 2.24. The topological polar surface area (TPSA) is 82.3 Å². The van der Waals surface area contributed by atoms with E-state index in [1.165, 1.54) is 0 Å². The number of primary sulfonamides is 1. The summed E-state index contributed by atoms with van der Waals surface area (Å²) in [5.74, 6) is -0.297. The fraction of sp³-hybridized carbons (Fsp3) is 0.286. The molecule has 16 heavy (non-hydrogen) atoms. The Hall–Kier alpha value is -0.800. The number of pyridine rings is 1. The van der Waals surface area contributed by atoms with Gasteiger partial charge in [0.2, 0.25) is 0 Å². The standard InChI is InChI=1S/C7H7BrF2N2O3S/c1-15-5-3(6(9)10)2-12-7(4(5)8)16(11,13)14/h2,6H,1H3,(H2,11,13,14). The highest BCUT2D eigenvalue weighted by molar-refractivity contribution is 9.10. The minimum Gasteiger partial charge on any atom is -0.495 e. The quantitative estimate of drug-likeness (QED) is 0.914. The Morgan fingerprint density at radius 2 is 2.12 bits per heavy atom. The van der Waals surface area contributed by atoms with Gasteiger partial charge in [0.05, 0.1) is 17.1 Å². The monoisotopic (exact) mass is 316 g/mol. The van der Waals surface area contributed by atoms with Crippen LogP contribution in [0, 0.1) is 0 Å². The van der Waals surface area contributed by atoms with Crippen molar-refractivity contribution in [3.8, 4) is 5.75 Å². The molecule has 90 valence electrons. The van der Waals surface area contributed by atoms with E-state index < -0.39 is 27.0 Å². The van der Waals surface area contributed by atoms with Crippen LogP contribution in [-0.4, -0.2) is 20.5 Å². The molecule has 9 heteroatoms. The number of alkyl halides is 2. The van der Waals surface area contributed by atoms with E-state index in [4.69, 9.17) is 5.14 Å². The van der Waals surface area contributed by atoms with Gasteiger partial charge in [0.25, 0.3) is 16.4 Å². The van der Waals surface area contributed by atoms with E-state index in [1.807, 2.05) is 0 Å². The normalized spacial score (nSPS) is 11.9. The van der Waals surface area contributed by atoms with Crippen molar-refractivity contribution in [2.75, 3.05) is 7.11 Å². The molecule has 0 unspecified atom stereocenters. The average Bonchev–Trinajstić information content (AvgIpc) is 2.14. The van der Waals surface area contributed by atoms with E-state index in [9.17, 15) is 17.2 Å². The molecule has 0 saturated carbocycles. The van der Waals surface area contributed by atoms with Gasteiger partial charge in [0, 0.05) is 6.20 Å². The zero-order chi connectivity index (χ0) is 12.5. The zero-order valence-electron chi connectivity index (χ0n) is 7.95. The van der Waals surface area contributed by atoms with Gasteiger partial charge in [-0.15, -0.1) is 0 Å². The van der Waals surface area contributed by atoms with E-state index in [-0.39, 0.29) is 10.2 Å². The first-order valence-corrected chi connectivity index (χ1v) is 6.16. The van der Waals surface area contributed by atoms with Gasteiger partial charge in [-0.25, -0.2) is 27.3 Å². The van der Waals surface area contributed by atoms with E-state index in [0.29, 0.717) is 6.20 Å². The van der Waals surface area contributed by atoms with Crippen molar-refractivity contribution >= 4 is 26.0 Å². The molecule has 0 atom stereocenters. The number of nitrogens with two attached hydrogens (primary N) is 1. The molecule has 0 aromatic carbocycles. The summed E-state index contributed by atoms with van der Waals surface area (Å²) < 4.78 is 51.6. The molecule has 0 aliphatic rings. The number of ether oxygens (including phenoxy) is 1. The Morgan fingerprint density at radius 1 is 1.56 bits per heavy atom. The lowest BCUT2D eigenvalue weighted by molar-refractivity contribution is 0.146. The largest absolute Gasteiger partial charge is 0.495 e. The third-order valence-electron chi connectivity index (χ3n) is 1.68. The third kappa shape index (κ3) is 2.47. The van der Waals surface area contributed by atoms with Crippen molar-refractivity contribution in [1.82, 2.24) is 4.98 Å². The van der Waals surface area contributed by atoms with Gasteiger partial charge in [-0.05, 0) is 15.9 Å². The molecule has 0 aliphatic carbocycles.